The van der Waals surface area contributed by atoms with Gasteiger partial charge in [0.05, 0.1) is 18.4 Å². The van der Waals surface area contributed by atoms with Crippen molar-refractivity contribution in [2.45, 2.75) is 126 Å². The summed E-state index contributed by atoms with van der Waals surface area (Å²) < 4.78 is 1.77. The van der Waals surface area contributed by atoms with Crippen LogP contribution >= 0.6 is 0 Å². The Balaban J connectivity index is 0.824. The van der Waals surface area contributed by atoms with Crippen molar-refractivity contribution in [2.24, 2.45) is 5.92 Å². The van der Waals surface area contributed by atoms with Crippen LogP contribution in [0.5, 0.6) is 0 Å². The molecule has 9 rings (SSSR count). The minimum Gasteiger partial charge on any atom is -0.388 e. The van der Waals surface area contributed by atoms with Crippen molar-refractivity contribution in [3.63, 3.8) is 0 Å². The number of hydrogen-bond donors (Lipinski definition) is 8. The fourth-order valence-electron chi connectivity index (χ4n) is 10.7. The zero-order valence-electron chi connectivity index (χ0n) is 39.1. The third-order valence-corrected chi connectivity index (χ3v) is 14.7. The van der Waals surface area contributed by atoms with Crippen LogP contribution in [0.15, 0.2) is 67.0 Å². The van der Waals surface area contributed by atoms with Gasteiger partial charge in [-0.25, -0.2) is 19.4 Å². The Morgan fingerprint density at radius 1 is 0.691 bits per heavy atom. The summed E-state index contributed by atoms with van der Waals surface area (Å²) in [6.07, 6.45) is 5.41. The van der Waals surface area contributed by atoms with E-state index in [-0.39, 0.29) is 66.9 Å². The standard InChI is InChI=1S/C49H67N13O6/c1-3-40(63)56-38-24-39(43(65)42(38)64)62-29-51-41-44(50-25-37(31-10-6-4-7-11-31)32-12-8-5-9-13-32)57-46(58-45(41)62)59-22-19-35(27-59)52-47(66)53-36-20-23-61(28-36)49(68)55-34-16-14-33(15-17-34)54-48(67)60-21-18-30(2)26-60/h4-13,29-30,33-39,42-43,64-65H,3,14-28H2,1-2H3,(H,54,67)(H,55,68)(H,56,63)(H,50,57,58)(H2,52,53,66)/t30-,33-,34-,35-,36-,38+,39-,42-,43+/m1/s1. The number of benzene rings is 2. The van der Waals surface area contributed by atoms with Gasteiger partial charge in [0.15, 0.2) is 17.0 Å². The first-order valence-corrected chi connectivity index (χ1v) is 24.7. The summed E-state index contributed by atoms with van der Waals surface area (Å²) in [5.41, 5.74) is 3.24. The maximum absolute atomic E-state index is 13.4. The minimum absolute atomic E-state index is 0.0155. The van der Waals surface area contributed by atoms with E-state index in [4.69, 9.17) is 15.0 Å². The van der Waals surface area contributed by atoms with Crippen LogP contribution in [0.3, 0.4) is 0 Å². The first-order chi connectivity index (χ1) is 33.0. The van der Waals surface area contributed by atoms with Crippen LogP contribution in [0, 0.1) is 5.92 Å². The summed E-state index contributed by atoms with van der Waals surface area (Å²) in [7, 11) is 0. The number of carbonyl (C=O) groups is 4. The van der Waals surface area contributed by atoms with Crippen LogP contribution in [0.25, 0.3) is 11.2 Å². The van der Waals surface area contributed by atoms with Gasteiger partial charge in [-0.05, 0) is 68.4 Å². The van der Waals surface area contributed by atoms with E-state index >= 15 is 0 Å². The molecule has 8 N–H and O–H groups in total. The summed E-state index contributed by atoms with van der Waals surface area (Å²) in [6.45, 7) is 8.00. The normalized spacial score (nSPS) is 27.1. The lowest BCUT2D eigenvalue weighted by atomic mass is 9.91. The molecule has 0 spiro atoms. The SMILES string of the molecule is CCC(=O)N[C@H]1C[C@@H](n2cnc3c(NCC(c4ccccc4)c4ccccc4)nc(N4CC[C@@H](NC(=O)N[C@@H]5CCN(C(=O)N[C@H]6CC[C@H](NC(=O)N7CC[C@@H](C)C7)CC6)C5)C4)nc32)[C@H](O)[C@@H]1O. The molecule has 364 valence electrons. The predicted molar refractivity (Wildman–Crippen MR) is 257 cm³/mol. The maximum Gasteiger partial charge on any atom is 0.317 e. The van der Waals surface area contributed by atoms with Gasteiger partial charge in [-0.1, -0.05) is 74.5 Å². The lowest BCUT2D eigenvalue weighted by Crippen LogP contribution is -2.50. The number of fused-ring (bicyclic) bond motifs is 1. The molecule has 5 fully saturated rings. The van der Waals surface area contributed by atoms with Gasteiger partial charge in [-0.2, -0.15) is 9.97 Å². The van der Waals surface area contributed by atoms with E-state index in [0.717, 1.165) is 56.3 Å². The molecule has 5 aliphatic rings. The van der Waals surface area contributed by atoms with E-state index < -0.39 is 24.3 Å². The number of nitrogens with one attached hydrogen (secondary N) is 6. The van der Waals surface area contributed by atoms with Crippen molar-refractivity contribution in [1.29, 1.82) is 0 Å². The van der Waals surface area contributed by atoms with Crippen molar-refractivity contribution in [2.75, 3.05) is 56.0 Å². The van der Waals surface area contributed by atoms with E-state index in [0.29, 0.717) is 74.4 Å². The quantitative estimate of drug-likeness (QED) is 0.0964. The Hall–Kier alpha value is -6.21. The molecule has 2 aromatic carbocycles. The number of aliphatic hydroxyl groups is 2. The molecule has 0 unspecified atom stereocenters. The number of aliphatic hydroxyl groups excluding tert-OH is 2. The topological polar surface area (TPSA) is 234 Å². The van der Waals surface area contributed by atoms with Crippen molar-refractivity contribution in [3.05, 3.63) is 78.1 Å². The molecule has 2 aliphatic carbocycles. The monoisotopic (exact) mass is 934 g/mol. The predicted octanol–water partition coefficient (Wildman–Crippen LogP) is 3.66. The summed E-state index contributed by atoms with van der Waals surface area (Å²) in [5, 5.41) is 41.4. The van der Waals surface area contributed by atoms with Crippen LogP contribution in [-0.2, 0) is 4.79 Å². The Kier molecular flexibility index (Phi) is 14.5. The molecule has 2 aromatic heterocycles. The number of rotatable bonds is 13. The highest BCUT2D eigenvalue weighted by Crippen LogP contribution is 2.36. The second kappa shape index (κ2) is 21.0. The highest BCUT2D eigenvalue weighted by Gasteiger charge is 2.44. The van der Waals surface area contributed by atoms with E-state index in [1.807, 2.05) is 46.2 Å². The summed E-state index contributed by atoms with van der Waals surface area (Å²) in [4.78, 5) is 72.2. The zero-order valence-corrected chi connectivity index (χ0v) is 39.1. The fourth-order valence-corrected chi connectivity index (χ4v) is 10.7. The van der Waals surface area contributed by atoms with Crippen LogP contribution in [0.1, 0.15) is 94.7 Å². The number of likely N-dealkylation sites (tertiary alicyclic amines) is 2. The van der Waals surface area contributed by atoms with E-state index in [9.17, 15) is 29.4 Å². The lowest BCUT2D eigenvalue weighted by molar-refractivity contribution is -0.122. The van der Waals surface area contributed by atoms with Crippen molar-refractivity contribution in [1.82, 2.24) is 55.9 Å². The molecule has 3 saturated heterocycles. The second-order valence-corrected chi connectivity index (χ2v) is 19.5. The summed E-state index contributed by atoms with van der Waals surface area (Å²) in [6, 6.07) is 18.7. The molecule has 7 atom stereocenters. The highest BCUT2D eigenvalue weighted by atomic mass is 16.3. The number of carbonyl (C=O) groups excluding carboxylic acids is 4. The highest BCUT2D eigenvalue weighted by molar-refractivity contribution is 5.85. The number of anilines is 2. The Morgan fingerprint density at radius 3 is 1.91 bits per heavy atom. The number of aromatic nitrogens is 4. The largest absolute Gasteiger partial charge is 0.388 e. The number of imidazole rings is 1. The van der Waals surface area contributed by atoms with Crippen molar-refractivity contribution in [3.8, 4) is 0 Å². The molecule has 4 aromatic rings. The van der Waals surface area contributed by atoms with Gasteiger partial charge < -0.3 is 61.4 Å². The van der Waals surface area contributed by atoms with Crippen molar-refractivity contribution < 1.29 is 29.4 Å². The van der Waals surface area contributed by atoms with Crippen LogP contribution in [-0.4, -0.2) is 152 Å². The molecule has 0 radical (unpaired) electrons. The van der Waals surface area contributed by atoms with Gasteiger partial charge in [0.1, 0.15) is 12.2 Å². The molecular weight excluding hydrogens is 867 g/mol. The van der Waals surface area contributed by atoms with Crippen LogP contribution < -0.4 is 36.8 Å². The minimum atomic E-state index is -1.18. The van der Waals surface area contributed by atoms with E-state index in [1.54, 1.807) is 22.7 Å². The third-order valence-electron chi connectivity index (χ3n) is 14.7. The fraction of sp³-hybridized carbons (Fsp3) is 0.571. The molecule has 19 nitrogen and oxygen atoms in total. The Labute approximate surface area is 397 Å². The van der Waals surface area contributed by atoms with Crippen molar-refractivity contribution >= 4 is 46.9 Å². The van der Waals surface area contributed by atoms with Gasteiger partial charge in [0, 0.05) is 82.3 Å². The molecule has 2 saturated carbocycles. The summed E-state index contributed by atoms with van der Waals surface area (Å²) >= 11 is 0. The van der Waals surface area contributed by atoms with E-state index in [2.05, 4.69) is 63.1 Å². The number of amides is 7. The number of nitrogens with zero attached hydrogens (tertiary/aromatic N) is 7. The lowest BCUT2D eigenvalue weighted by Gasteiger charge is -2.32. The molecule has 0 bridgehead atoms. The zero-order chi connectivity index (χ0) is 47.3. The van der Waals surface area contributed by atoms with Crippen LogP contribution in [0.2, 0.25) is 0 Å². The first-order valence-electron chi connectivity index (χ1n) is 24.7. The molecule has 7 amide bonds. The smallest absolute Gasteiger partial charge is 0.317 e. The van der Waals surface area contributed by atoms with Gasteiger partial charge in [0.25, 0.3) is 0 Å². The molecule has 5 heterocycles. The third kappa shape index (κ3) is 10.7. The van der Waals surface area contributed by atoms with E-state index in [1.165, 1.54) is 0 Å². The Morgan fingerprint density at radius 2 is 1.29 bits per heavy atom. The molecule has 68 heavy (non-hydrogen) atoms. The van der Waals surface area contributed by atoms with Crippen LogP contribution in [0.4, 0.5) is 26.1 Å². The number of urea groups is 3. The van der Waals surface area contributed by atoms with Gasteiger partial charge in [-0.3, -0.25) is 4.79 Å². The Bertz CT molecular complexity index is 2340. The maximum atomic E-state index is 13.4. The summed E-state index contributed by atoms with van der Waals surface area (Å²) in [5.74, 6) is 1.26. The van der Waals surface area contributed by atoms with Gasteiger partial charge >= 0.3 is 18.1 Å². The second-order valence-electron chi connectivity index (χ2n) is 19.5. The van der Waals surface area contributed by atoms with Gasteiger partial charge in [0.2, 0.25) is 11.9 Å². The molecule has 19 heteroatoms. The average molecular weight is 934 g/mol. The average Bonchev–Trinajstić information content (AvgIpc) is 4.22. The molecular formula is C49H67N13O6. The first kappa shape index (κ1) is 46.9. The van der Waals surface area contributed by atoms with Gasteiger partial charge in [-0.15, -0.1) is 0 Å². The molecule has 3 aliphatic heterocycles. The number of hydrogen-bond acceptors (Lipinski definition) is 11.